The first-order valence-electron chi connectivity index (χ1n) is 12.0. The van der Waals surface area contributed by atoms with Crippen molar-refractivity contribution < 1.29 is 19.3 Å². The molecule has 0 saturated heterocycles. The molecular formula is C31H30O4. The summed E-state index contributed by atoms with van der Waals surface area (Å²) in [6.07, 6.45) is -0.664. The molecule has 0 aliphatic carbocycles. The third-order valence-corrected chi connectivity index (χ3v) is 6.33. The fourth-order valence-electron chi connectivity index (χ4n) is 4.49. The van der Waals surface area contributed by atoms with Gasteiger partial charge in [0.1, 0.15) is 36.6 Å². The van der Waals surface area contributed by atoms with Gasteiger partial charge in [-0.2, -0.15) is 0 Å². The summed E-state index contributed by atoms with van der Waals surface area (Å²) in [5.41, 5.74) is 6.14. The molecule has 35 heavy (non-hydrogen) atoms. The minimum absolute atomic E-state index is 0.451. The lowest BCUT2D eigenvalue weighted by atomic mass is 9.92. The molecule has 4 aromatic rings. The maximum absolute atomic E-state index is 11.0. The standard InChI is InChI=1S/C31H30O4/c1-21-15-29(34-20-24-11-7-4-8-12-24)26-18-27(32)31(35-30(26)16-21)25-13-14-28(22(2)17-25)33-19-23-9-5-3-6-10-23/h3-17,27,31-32H,18-20H2,1-2H3/t27-,31+/m0/s1. The van der Waals surface area contributed by atoms with Crippen LogP contribution >= 0.6 is 0 Å². The van der Waals surface area contributed by atoms with Crippen molar-refractivity contribution in [3.63, 3.8) is 0 Å². The minimum atomic E-state index is -0.681. The number of hydrogen-bond acceptors (Lipinski definition) is 4. The molecule has 178 valence electrons. The van der Waals surface area contributed by atoms with Crippen molar-refractivity contribution in [2.45, 2.75) is 45.7 Å². The number of fused-ring (bicyclic) bond motifs is 1. The maximum Gasteiger partial charge on any atom is 0.150 e. The smallest absolute Gasteiger partial charge is 0.150 e. The molecule has 4 aromatic carbocycles. The van der Waals surface area contributed by atoms with Gasteiger partial charge in [-0.25, -0.2) is 0 Å². The first-order chi connectivity index (χ1) is 17.1. The second-order valence-electron chi connectivity index (χ2n) is 9.12. The van der Waals surface area contributed by atoms with Crippen molar-refractivity contribution in [3.8, 4) is 17.2 Å². The Labute approximate surface area is 206 Å². The van der Waals surface area contributed by atoms with Gasteiger partial charge in [0.25, 0.3) is 0 Å². The lowest BCUT2D eigenvalue weighted by molar-refractivity contribution is 0.0196. The summed E-state index contributed by atoms with van der Waals surface area (Å²) in [5.74, 6) is 2.36. The van der Waals surface area contributed by atoms with Crippen LogP contribution in [0.5, 0.6) is 17.2 Å². The van der Waals surface area contributed by atoms with Gasteiger partial charge < -0.3 is 19.3 Å². The Morgan fingerprint density at radius 2 is 1.40 bits per heavy atom. The van der Waals surface area contributed by atoms with Gasteiger partial charge in [0.2, 0.25) is 0 Å². The molecule has 0 fully saturated rings. The molecule has 5 rings (SSSR count). The predicted octanol–water partition coefficient (Wildman–Crippen LogP) is 6.50. The molecular weight excluding hydrogens is 436 g/mol. The summed E-state index contributed by atoms with van der Waals surface area (Å²) in [6.45, 7) is 5.04. The second-order valence-corrected chi connectivity index (χ2v) is 9.12. The highest BCUT2D eigenvalue weighted by molar-refractivity contribution is 5.50. The van der Waals surface area contributed by atoms with E-state index >= 15 is 0 Å². The summed E-state index contributed by atoms with van der Waals surface area (Å²) < 4.78 is 18.5. The number of aryl methyl sites for hydroxylation is 2. The summed E-state index contributed by atoms with van der Waals surface area (Å²) in [4.78, 5) is 0. The Morgan fingerprint density at radius 1 is 0.771 bits per heavy atom. The van der Waals surface area contributed by atoms with Crippen molar-refractivity contribution in [2.75, 3.05) is 0 Å². The van der Waals surface area contributed by atoms with Crippen molar-refractivity contribution in [3.05, 3.63) is 124 Å². The number of rotatable bonds is 7. The summed E-state index contributed by atoms with van der Waals surface area (Å²) >= 11 is 0. The zero-order valence-electron chi connectivity index (χ0n) is 20.1. The van der Waals surface area contributed by atoms with Crippen LogP contribution in [-0.4, -0.2) is 11.2 Å². The molecule has 0 spiro atoms. The van der Waals surface area contributed by atoms with Gasteiger partial charge in [0.15, 0.2) is 0 Å². The predicted molar refractivity (Wildman–Crippen MR) is 137 cm³/mol. The topological polar surface area (TPSA) is 47.9 Å². The van der Waals surface area contributed by atoms with E-state index in [4.69, 9.17) is 14.2 Å². The lowest BCUT2D eigenvalue weighted by Gasteiger charge is -2.32. The zero-order chi connectivity index (χ0) is 24.2. The summed E-state index contributed by atoms with van der Waals surface area (Å²) in [5, 5.41) is 11.0. The highest BCUT2D eigenvalue weighted by Gasteiger charge is 2.32. The van der Waals surface area contributed by atoms with Gasteiger partial charge in [0, 0.05) is 12.0 Å². The SMILES string of the molecule is Cc1cc(OCc2ccccc2)c2c(c1)O[C@H](c1ccc(OCc3ccccc3)c(C)c1)[C@@H](O)C2. The molecule has 1 aliphatic rings. The number of aliphatic hydroxyl groups is 1. The van der Waals surface area contributed by atoms with E-state index in [-0.39, 0.29) is 0 Å². The van der Waals surface area contributed by atoms with Gasteiger partial charge in [-0.3, -0.25) is 0 Å². The van der Waals surface area contributed by atoms with E-state index in [1.54, 1.807) is 0 Å². The summed E-state index contributed by atoms with van der Waals surface area (Å²) in [7, 11) is 0. The van der Waals surface area contributed by atoms with Crippen LogP contribution in [0.15, 0.2) is 91.0 Å². The van der Waals surface area contributed by atoms with E-state index in [0.717, 1.165) is 50.6 Å². The van der Waals surface area contributed by atoms with Crippen LogP contribution in [0.4, 0.5) is 0 Å². The van der Waals surface area contributed by atoms with E-state index in [9.17, 15) is 5.11 Å². The maximum atomic E-state index is 11.0. The molecule has 4 nitrogen and oxygen atoms in total. The Balaban J connectivity index is 1.32. The molecule has 1 aliphatic heterocycles. The average molecular weight is 467 g/mol. The van der Waals surface area contributed by atoms with Crippen molar-refractivity contribution >= 4 is 0 Å². The van der Waals surface area contributed by atoms with Gasteiger partial charge in [0.05, 0.1) is 6.10 Å². The highest BCUT2D eigenvalue weighted by Crippen LogP contribution is 2.41. The number of aliphatic hydroxyl groups excluding tert-OH is 1. The van der Waals surface area contributed by atoms with E-state index in [1.165, 1.54) is 0 Å². The number of ether oxygens (including phenoxy) is 3. The van der Waals surface area contributed by atoms with Crippen LogP contribution in [0.25, 0.3) is 0 Å². The molecule has 0 aromatic heterocycles. The Hall–Kier alpha value is -3.76. The van der Waals surface area contributed by atoms with Gasteiger partial charge >= 0.3 is 0 Å². The monoisotopic (exact) mass is 466 g/mol. The molecule has 1 heterocycles. The molecule has 0 radical (unpaired) electrons. The first-order valence-corrected chi connectivity index (χ1v) is 12.0. The first kappa shape index (κ1) is 23.0. The lowest BCUT2D eigenvalue weighted by Crippen LogP contribution is -2.30. The van der Waals surface area contributed by atoms with Crippen LogP contribution < -0.4 is 14.2 Å². The molecule has 0 bridgehead atoms. The average Bonchev–Trinajstić information content (AvgIpc) is 2.88. The zero-order valence-corrected chi connectivity index (χ0v) is 20.1. The fourth-order valence-corrected chi connectivity index (χ4v) is 4.49. The Morgan fingerprint density at radius 3 is 2.03 bits per heavy atom. The Kier molecular flexibility index (Phi) is 6.73. The quantitative estimate of drug-likeness (QED) is 0.338. The van der Waals surface area contributed by atoms with E-state index < -0.39 is 12.2 Å². The summed E-state index contributed by atoms with van der Waals surface area (Å²) in [6, 6.07) is 30.2. The van der Waals surface area contributed by atoms with Crippen LogP contribution in [0.1, 0.15) is 39.5 Å². The van der Waals surface area contributed by atoms with Crippen molar-refractivity contribution in [2.24, 2.45) is 0 Å². The van der Waals surface area contributed by atoms with Crippen molar-refractivity contribution in [1.29, 1.82) is 0 Å². The Bertz CT molecular complexity index is 1280. The molecule has 0 unspecified atom stereocenters. The largest absolute Gasteiger partial charge is 0.489 e. The van der Waals surface area contributed by atoms with E-state index in [0.29, 0.717) is 19.6 Å². The highest BCUT2D eigenvalue weighted by atomic mass is 16.5. The van der Waals surface area contributed by atoms with Gasteiger partial charge in [-0.15, -0.1) is 0 Å². The molecule has 1 N–H and O–H groups in total. The van der Waals surface area contributed by atoms with Gasteiger partial charge in [-0.1, -0.05) is 66.7 Å². The molecule has 4 heteroatoms. The minimum Gasteiger partial charge on any atom is -0.489 e. The van der Waals surface area contributed by atoms with Crippen LogP contribution in [-0.2, 0) is 19.6 Å². The van der Waals surface area contributed by atoms with Crippen LogP contribution in [0.2, 0.25) is 0 Å². The van der Waals surface area contributed by atoms with E-state index in [1.807, 2.05) is 105 Å². The van der Waals surface area contributed by atoms with E-state index in [2.05, 4.69) is 0 Å². The fraction of sp³-hybridized carbons (Fsp3) is 0.226. The molecule has 0 amide bonds. The normalized spacial score (nSPS) is 16.8. The van der Waals surface area contributed by atoms with Crippen LogP contribution in [0.3, 0.4) is 0 Å². The number of hydrogen-bond donors (Lipinski definition) is 1. The number of benzene rings is 4. The third-order valence-electron chi connectivity index (χ3n) is 6.33. The molecule has 0 saturated carbocycles. The molecule has 2 atom stereocenters. The third kappa shape index (κ3) is 5.33. The second kappa shape index (κ2) is 10.2. The van der Waals surface area contributed by atoms with Crippen LogP contribution in [0, 0.1) is 13.8 Å². The van der Waals surface area contributed by atoms with Crippen molar-refractivity contribution in [1.82, 2.24) is 0 Å². The van der Waals surface area contributed by atoms with Gasteiger partial charge in [-0.05, 0) is 65.9 Å².